The van der Waals surface area contributed by atoms with Gasteiger partial charge in [-0.25, -0.2) is 9.97 Å². The lowest BCUT2D eigenvalue weighted by Gasteiger charge is -2.29. The third-order valence-electron chi connectivity index (χ3n) is 5.72. The van der Waals surface area contributed by atoms with Crippen molar-refractivity contribution in [2.24, 2.45) is 0 Å². The summed E-state index contributed by atoms with van der Waals surface area (Å²) in [6.45, 7) is 4.33. The summed E-state index contributed by atoms with van der Waals surface area (Å²) in [5.74, 6) is 1.77. The molecule has 1 saturated carbocycles. The molecule has 138 valence electrons. The van der Waals surface area contributed by atoms with E-state index in [1.54, 1.807) is 0 Å². The van der Waals surface area contributed by atoms with Crippen molar-refractivity contribution in [3.05, 3.63) is 23.7 Å². The molecule has 0 spiro atoms. The van der Waals surface area contributed by atoms with Gasteiger partial charge in [0.1, 0.15) is 11.3 Å². The molecule has 3 aliphatic rings. The second kappa shape index (κ2) is 6.63. The van der Waals surface area contributed by atoms with Crippen LogP contribution in [0.3, 0.4) is 0 Å². The fraction of sp³-hybridized carbons (Fsp3) is 0.632. The van der Waals surface area contributed by atoms with Crippen LogP contribution >= 0.6 is 0 Å². The average Bonchev–Trinajstić information content (AvgIpc) is 3.40. The minimum atomic E-state index is 0.150. The molecule has 4 heterocycles. The number of hydrogen-bond acceptors (Lipinski definition) is 5. The van der Waals surface area contributed by atoms with Gasteiger partial charge < -0.3 is 19.5 Å². The molecule has 1 saturated heterocycles. The number of aromatic nitrogens is 3. The Labute approximate surface area is 152 Å². The van der Waals surface area contributed by atoms with E-state index in [1.807, 2.05) is 11.1 Å². The number of fused-ring (bicyclic) bond motifs is 3. The van der Waals surface area contributed by atoms with Gasteiger partial charge in [0, 0.05) is 25.3 Å². The van der Waals surface area contributed by atoms with Crippen molar-refractivity contribution in [3.63, 3.8) is 0 Å². The van der Waals surface area contributed by atoms with Gasteiger partial charge in [-0.3, -0.25) is 4.79 Å². The molecule has 0 aromatic carbocycles. The zero-order valence-electron chi connectivity index (χ0n) is 15.0. The van der Waals surface area contributed by atoms with E-state index in [0.717, 1.165) is 30.1 Å². The second-order valence-corrected chi connectivity index (χ2v) is 7.65. The largest absolute Gasteiger partial charge is 0.379 e. The summed E-state index contributed by atoms with van der Waals surface area (Å²) in [5.41, 5.74) is 3.22. The molecule has 7 heteroatoms. The van der Waals surface area contributed by atoms with E-state index in [2.05, 4.69) is 20.9 Å². The Bertz CT molecular complexity index is 825. The molecule has 1 N–H and O–H groups in total. The Hall–Kier alpha value is -1.99. The molecule has 2 aromatic heterocycles. The van der Waals surface area contributed by atoms with Crippen LogP contribution in [0.5, 0.6) is 0 Å². The predicted molar refractivity (Wildman–Crippen MR) is 96.8 cm³/mol. The SMILES string of the molecule is O=C(CCOCC1CCN1)N1CCn2c(nc3cc(C4CC4)cnc32)C1. The van der Waals surface area contributed by atoms with Gasteiger partial charge in [-0.2, -0.15) is 0 Å². The van der Waals surface area contributed by atoms with E-state index in [4.69, 9.17) is 9.72 Å². The highest BCUT2D eigenvalue weighted by molar-refractivity contribution is 5.77. The van der Waals surface area contributed by atoms with Crippen molar-refractivity contribution < 1.29 is 9.53 Å². The van der Waals surface area contributed by atoms with Crippen LogP contribution in [0.25, 0.3) is 11.2 Å². The van der Waals surface area contributed by atoms with Crippen LogP contribution in [0, 0.1) is 0 Å². The smallest absolute Gasteiger partial charge is 0.225 e. The molecule has 1 aliphatic carbocycles. The van der Waals surface area contributed by atoms with Crippen molar-refractivity contribution in [2.75, 3.05) is 26.3 Å². The van der Waals surface area contributed by atoms with Crippen molar-refractivity contribution in [1.82, 2.24) is 24.8 Å². The van der Waals surface area contributed by atoms with Crippen LogP contribution in [0.2, 0.25) is 0 Å². The lowest BCUT2D eigenvalue weighted by Crippen LogP contribution is -2.46. The summed E-state index contributed by atoms with van der Waals surface area (Å²) in [6, 6.07) is 2.66. The number of nitrogens with one attached hydrogen (secondary N) is 1. The lowest BCUT2D eigenvalue weighted by molar-refractivity contribution is -0.134. The number of amides is 1. The molecule has 2 aliphatic heterocycles. The molecule has 0 radical (unpaired) electrons. The molecule has 7 nitrogen and oxygen atoms in total. The van der Waals surface area contributed by atoms with Crippen molar-refractivity contribution in [3.8, 4) is 0 Å². The van der Waals surface area contributed by atoms with Gasteiger partial charge in [-0.05, 0) is 43.4 Å². The van der Waals surface area contributed by atoms with Crippen LogP contribution in [-0.4, -0.2) is 57.7 Å². The van der Waals surface area contributed by atoms with E-state index < -0.39 is 0 Å². The van der Waals surface area contributed by atoms with E-state index in [9.17, 15) is 4.79 Å². The lowest BCUT2D eigenvalue weighted by atomic mass is 10.1. The van der Waals surface area contributed by atoms with Crippen molar-refractivity contribution >= 4 is 17.1 Å². The number of hydrogen-bond donors (Lipinski definition) is 1. The van der Waals surface area contributed by atoms with Gasteiger partial charge in [0.15, 0.2) is 5.65 Å². The average molecular weight is 355 g/mol. The summed E-state index contributed by atoms with van der Waals surface area (Å²) in [7, 11) is 0. The zero-order valence-corrected chi connectivity index (χ0v) is 15.0. The highest BCUT2D eigenvalue weighted by Crippen LogP contribution is 2.40. The first-order valence-electron chi connectivity index (χ1n) is 9.72. The van der Waals surface area contributed by atoms with Crippen molar-refractivity contribution in [1.29, 1.82) is 0 Å². The first-order valence-corrected chi connectivity index (χ1v) is 9.72. The van der Waals surface area contributed by atoms with Crippen LogP contribution in [-0.2, 0) is 22.6 Å². The van der Waals surface area contributed by atoms with E-state index in [1.165, 1.54) is 24.8 Å². The topological polar surface area (TPSA) is 72.3 Å². The summed E-state index contributed by atoms with van der Waals surface area (Å²) in [6.07, 6.45) is 6.15. The Morgan fingerprint density at radius 3 is 2.96 bits per heavy atom. The fourth-order valence-corrected chi connectivity index (χ4v) is 3.79. The van der Waals surface area contributed by atoms with Crippen LogP contribution in [0.15, 0.2) is 12.3 Å². The Kier molecular flexibility index (Phi) is 4.13. The molecule has 1 atom stereocenters. The standard InChI is InChI=1S/C19H25N5O2/c25-18(4-8-26-12-15-3-5-20-15)23-6-7-24-17(11-23)22-16-9-14(13-1-2-13)10-21-19(16)24/h9-10,13,15,20H,1-8,11-12H2. The van der Waals surface area contributed by atoms with Gasteiger partial charge >= 0.3 is 0 Å². The Morgan fingerprint density at radius 1 is 1.31 bits per heavy atom. The number of ether oxygens (including phenoxy) is 1. The summed E-state index contributed by atoms with van der Waals surface area (Å²) in [5, 5.41) is 3.30. The summed E-state index contributed by atoms with van der Waals surface area (Å²) in [4.78, 5) is 23.8. The number of rotatable bonds is 6. The van der Waals surface area contributed by atoms with E-state index >= 15 is 0 Å². The molecule has 0 bridgehead atoms. The predicted octanol–water partition coefficient (Wildman–Crippen LogP) is 1.42. The molecule has 2 aromatic rings. The van der Waals surface area contributed by atoms with Crippen LogP contribution < -0.4 is 5.32 Å². The quantitative estimate of drug-likeness (QED) is 0.794. The van der Waals surface area contributed by atoms with Gasteiger partial charge in [-0.1, -0.05) is 0 Å². The van der Waals surface area contributed by atoms with Gasteiger partial charge in [0.25, 0.3) is 0 Å². The highest BCUT2D eigenvalue weighted by atomic mass is 16.5. The van der Waals surface area contributed by atoms with Crippen LogP contribution in [0.1, 0.15) is 43.0 Å². The highest BCUT2D eigenvalue weighted by Gasteiger charge is 2.27. The van der Waals surface area contributed by atoms with E-state index in [-0.39, 0.29) is 5.91 Å². The number of carbonyl (C=O) groups is 1. The first kappa shape index (κ1) is 16.2. The fourth-order valence-electron chi connectivity index (χ4n) is 3.79. The minimum absolute atomic E-state index is 0.150. The molecular weight excluding hydrogens is 330 g/mol. The first-order chi connectivity index (χ1) is 12.8. The van der Waals surface area contributed by atoms with Gasteiger partial charge in [0.2, 0.25) is 5.91 Å². The normalized spacial score (nSPS) is 22.3. The Morgan fingerprint density at radius 2 is 2.19 bits per heavy atom. The second-order valence-electron chi connectivity index (χ2n) is 7.65. The molecule has 1 unspecified atom stereocenters. The molecule has 2 fully saturated rings. The monoisotopic (exact) mass is 355 g/mol. The van der Waals surface area contributed by atoms with Crippen LogP contribution in [0.4, 0.5) is 0 Å². The summed E-state index contributed by atoms with van der Waals surface area (Å²) < 4.78 is 7.78. The molecule has 1 amide bonds. The molecular formula is C19H25N5O2. The molecule has 26 heavy (non-hydrogen) atoms. The third kappa shape index (κ3) is 3.10. The number of imidazole rings is 1. The minimum Gasteiger partial charge on any atom is -0.379 e. The van der Waals surface area contributed by atoms with Gasteiger partial charge in [-0.15, -0.1) is 0 Å². The maximum Gasteiger partial charge on any atom is 0.225 e. The maximum atomic E-state index is 12.5. The summed E-state index contributed by atoms with van der Waals surface area (Å²) >= 11 is 0. The number of carbonyl (C=O) groups excluding carboxylic acids is 1. The van der Waals surface area contributed by atoms with Crippen molar-refractivity contribution in [2.45, 2.75) is 50.7 Å². The number of pyridine rings is 1. The van der Waals surface area contributed by atoms with Gasteiger partial charge in [0.05, 0.1) is 26.2 Å². The van der Waals surface area contributed by atoms with E-state index in [0.29, 0.717) is 44.7 Å². The third-order valence-corrected chi connectivity index (χ3v) is 5.72. The molecule has 5 rings (SSSR count). The zero-order chi connectivity index (χ0) is 17.5. The maximum absolute atomic E-state index is 12.5. The number of nitrogens with zero attached hydrogens (tertiary/aromatic N) is 4. The Balaban J connectivity index is 1.21.